The van der Waals surface area contributed by atoms with E-state index in [-0.39, 0.29) is 23.2 Å². The molecule has 0 fully saturated rings. The largest absolute Gasteiger partial charge is 0.573 e. The molecule has 0 saturated heterocycles. The summed E-state index contributed by atoms with van der Waals surface area (Å²) in [5.74, 6) is -0.991. The number of ether oxygens (including phenoxy) is 1. The molecule has 3 amide bonds. The van der Waals surface area contributed by atoms with E-state index in [0.717, 1.165) is 21.6 Å². The molecule has 4 rings (SSSR count). The molecular formula is C24H16BrCl2F3N4O3. The SMILES string of the molecule is O=C(NC1CN(C(=O)Nc2ccc(OC(F)(F)F)c(Cl)c2)N=C1c1ccc(Br)cc1)c1ccc(Cl)cc1. The van der Waals surface area contributed by atoms with Crippen LogP contribution in [0.1, 0.15) is 15.9 Å². The van der Waals surface area contributed by atoms with Gasteiger partial charge in [0.2, 0.25) is 0 Å². The van der Waals surface area contributed by atoms with Crippen LogP contribution in [0.2, 0.25) is 10.0 Å². The third-order valence-corrected chi connectivity index (χ3v) is 6.19. The van der Waals surface area contributed by atoms with E-state index in [9.17, 15) is 22.8 Å². The highest BCUT2D eigenvalue weighted by Gasteiger charge is 2.34. The van der Waals surface area contributed by atoms with Crippen LogP contribution in [0.15, 0.2) is 76.3 Å². The van der Waals surface area contributed by atoms with Crippen LogP contribution in [0.4, 0.5) is 23.7 Å². The van der Waals surface area contributed by atoms with E-state index in [1.165, 1.54) is 6.07 Å². The maximum absolute atomic E-state index is 12.9. The summed E-state index contributed by atoms with van der Waals surface area (Å²) >= 11 is 15.1. The summed E-state index contributed by atoms with van der Waals surface area (Å²) < 4.78 is 42.1. The van der Waals surface area contributed by atoms with Crippen LogP contribution in [-0.4, -0.2) is 41.6 Å². The standard InChI is InChI=1S/C24H16BrCl2F3N4O3/c25-15-5-1-13(2-6-15)21-19(32-22(35)14-3-7-16(26)8-4-14)12-34(33-21)23(36)31-17-9-10-20(18(27)11-17)37-24(28,29)30/h1-11,19H,12H2,(H,31,36)(H,32,35). The van der Waals surface area contributed by atoms with E-state index < -0.39 is 24.2 Å². The highest BCUT2D eigenvalue weighted by atomic mass is 79.9. The van der Waals surface area contributed by atoms with Crippen molar-refractivity contribution in [3.8, 4) is 5.75 Å². The van der Waals surface area contributed by atoms with Gasteiger partial charge in [-0.3, -0.25) is 4.79 Å². The maximum Gasteiger partial charge on any atom is 0.573 e. The molecule has 0 aromatic heterocycles. The average molecular weight is 616 g/mol. The predicted octanol–water partition coefficient (Wildman–Crippen LogP) is 6.70. The lowest BCUT2D eigenvalue weighted by Crippen LogP contribution is -2.44. The third-order valence-electron chi connectivity index (χ3n) is 5.11. The molecule has 1 unspecified atom stereocenters. The first kappa shape index (κ1) is 26.8. The Morgan fingerprint density at radius 1 is 1.03 bits per heavy atom. The van der Waals surface area contributed by atoms with E-state index in [1.807, 2.05) is 0 Å². The normalized spacial score (nSPS) is 15.2. The summed E-state index contributed by atoms with van der Waals surface area (Å²) in [6.45, 7) is -0.000436. The minimum absolute atomic E-state index is 0.000436. The van der Waals surface area contributed by atoms with Crippen LogP contribution >= 0.6 is 39.1 Å². The van der Waals surface area contributed by atoms with Crippen molar-refractivity contribution in [3.63, 3.8) is 0 Å². The lowest BCUT2D eigenvalue weighted by Gasteiger charge is -2.17. The number of hydrazone groups is 1. The second-order valence-electron chi connectivity index (χ2n) is 7.73. The van der Waals surface area contributed by atoms with Gasteiger partial charge in [0.05, 0.1) is 23.3 Å². The highest BCUT2D eigenvalue weighted by Crippen LogP contribution is 2.32. The fourth-order valence-corrected chi connectivity index (χ4v) is 4.05. The van der Waals surface area contributed by atoms with Crippen LogP contribution < -0.4 is 15.4 Å². The molecule has 192 valence electrons. The first-order chi connectivity index (χ1) is 17.5. The molecule has 13 heteroatoms. The number of rotatable bonds is 5. The number of anilines is 1. The summed E-state index contributed by atoms with van der Waals surface area (Å²) in [5.41, 5.74) is 1.62. The molecule has 0 spiro atoms. The number of carbonyl (C=O) groups is 2. The van der Waals surface area contributed by atoms with Crippen molar-refractivity contribution in [3.05, 3.63) is 92.4 Å². The van der Waals surface area contributed by atoms with Gasteiger partial charge >= 0.3 is 12.4 Å². The zero-order valence-electron chi connectivity index (χ0n) is 18.5. The van der Waals surface area contributed by atoms with Crippen molar-refractivity contribution >= 4 is 62.5 Å². The van der Waals surface area contributed by atoms with E-state index in [4.69, 9.17) is 23.2 Å². The van der Waals surface area contributed by atoms with E-state index in [1.54, 1.807) is 48.5 Å². The molecule has 3 aromatic rings. The fourth-order valence-electron chi connectivity index (χ4n) is 3.44. The Labute approximate surface area is 227 Å². The van der Waals surface area contributed by atoms with Gasteiger partial charge in [-0.05, 0) is 54.6 Å². The molecule has 0 bridgehead atoms. The minimum atomic E-state index is -4.91. The quantitative estimate of drug-likeness (QED) is 0.335. The number of hydrogen-bond donors (Lipinski definition) is 2. The number of amides is 3. The molecule has 1 heterocycles. The minimum Gasteiger partial charge on any atom is -0.404 e. The first-order valence-electron chi connectivity index (χ1n) is 10.5. The Hall–Kier alpha value is -3.28. The van der Waals surface area contributed by atoms with Gasteiger partial charge in [0.25, 0.3) is 5.91 Å². The Bertz CT molecular complexity index is 1350. The zero-order chi connectivity index (χ0) is 26.7. The van der Waals surface area contributed by atoms with Gasteiger partial charge in [-0.25, -0.2) is 9.80 Å². The van der Waals surface area contributed by atoms with Crippen LogP contribution in [0.5, 0.6) is 5.75 Å². The van der Waals surface area contributed by atoms with Gasteiger partial charge in [-0.2, -0.15) is 5.10 Å². The van der Waals surface area contributed by atoms with E-state index in [2.05, 4.69) is 36.4 Å². The number of nitrogens with zero attached hydrogens (tertiary/aromatic N) is 2. The summed E-state index contributed by atoms with van der Waals surface area (Å²) in [5, 5.41) is 11.0. The van der Waals surface area contributed by atoms with Gasteiger partial charge in [-0.15, -0.1) is 13.2 Å². The average Bonchev–Trinajstić information content (AvgIpc) is 3.25. The summed E-state index contributed by atoms with van der Waals surface area (Å²) in [7, 11) is 0. The smallest absolute Gasteiger partial charge is 0.404 e. The number of urea groups is 1. The van der Waals surface area contributed by atoms with Crippen molar-refractivity contribution in [2.75, 3.05) is 11.9 Å². The van der Waals surface area contributed by atoms with Gasteiger partial charge in [0.15, 0.2) is 0 Å². The van der Waals surface area contributed by atoms with Gasteiger partial charge in [0.1, 0.15) is 5.75 Å². The lowest BCUT2D eigenvalue weighted by molar-refractivity contribution is -0.274. The number of halogens is 6. The lowest BCUT2D eigenvalue weighted by atomic mass is 10.0. The Balaban J connectivity index is 1.53. The topological polar surface area (TPSA) is 83.0 Å². The van der Waals surface area contributed by atoms with Crippen molar-refractivity contribution in [1.29, 1.82) is 0 Å². The van der Waals surface area contributed by atoms with E-state index >= 15 is 0 Å². The molecule has 3 aromatic carbocycles. The highest BCUT2D eigenvalue weighted by molar-refractivity contribution is 9.10. The first-order valence-corrected chi connectivity index (χ1v) is 12.1. The predicted molar refractivity (Wildman–Crippen MR) is 137 cm³/mol. The van der Waals surface area contributed by atoms with Gasteiger partial charge in [0, 0.05) is 26.3 Å². The number of alkyl halides is 3. The molecule has 1 aliphatic heterocycles. The van der Waals surface area contributed by atoms with Crippen LogP contribution in [-0.2, 0) is 0 Å². The van der Waals surface area contributed by atoms with Crippen molar-refractivity contribution in [1.82, 2.24) is 10.3 Å². The van der Waals surface area contributed by atoms with Crippen molar-refractivity contribution in [2.45, 2.75) is 12.4 Å². The third kappa shape index (κ3) is 6.94. The summed E-state index contributed by atoms with van der Waals surface area (Å²) in [4.78, 5) is 25.8. The Morgan fingerprint density at radius 2 is 1.70 bits per heavy atom. The van der Waals surface area contributed by atoms with Gasteiger partial charge < -0.3 is 15.4 Å². The molecule has 1 atom stereocenters. The molecule has 0 radical (unpaired) electrons. The van der Waals surface area contributed by atoms with Crippen molar-refractivity contribution < 1.29 is 27.5 Å². The van der Waals surface area contributed by atoms with Crippen LogP contribution in [0.3, 0.4) is 0 Å². The number of hydrogen-bond acceptors (Lipinski definition) is 4. The van der Waals surface area contributed by atoms with Crippen LogP contribution in [0, 0.1) is 0 Å². The number of benzene rings is 3. The molecule has 0 aliphatic carbocycles. The maximum atomic E-state index is 12.9. The van der Waals surface area contributed by atoms with E-state index in [0.29, 0.717) is 21.9 Å². The molecular weight excluding hydrogens is 600 g/mol. The van der Waals surface area contributed by atoms with Gasteiger partial charge in [-0.1, -0.05) is 51.3 Å². The molecule has 7 nitrogen and oxygen atoms in total. The van der Waals surface area contributed by atoms with Crippen molar-refractivity contribution in [2.24, 2.45) is 5.10 Å². The summed E-state index contributed by atoms with van der Waals surface area (Å²) in [6, 6.07) is 15.5. The number of nitrogens with one attached hydrogen (secondary N) is 2. The molecule has 0 saturated carbocycles. The summed E-state index contributed by atoms with van der Waals surface area (Å²) in [6.07, 6.45) is -4.91. The van der Waals surface area contributed by atoms with Crippen LogP contribution in [0.25, 0.3) is 0 Å². The second-order valence-corrected chi connectivity index (χ2v) is 9.49. The Morgan fingerprint density at radius 3 is 2.32 bits per heavy atom. The monoisotopic (exact) mass is 614 g/mol. The molecule has 1 aliphatic rings. The molecule has 2 N–H and O–H groups in total. The second kappa shape index (κ2) is 11.0. The zero-order valence-corrected chi connectivity index (χ0v) is 21.6. The molecule has 37 heavy (non-hydrogen) atoms. The number of carbonyl (C=O) groups excluding carboxylic acids is 2. The Kier molecular flexibility index (Phi) is 7.96. The fraction of sp³-hybridized carbons (Fsp3) is 0.125.